The average molecular weight is 386 g/mol. The molecule has 0 aliphatic rings. The van der Waals surface area contributed by atoms with E-state index in [1.54, 1.807) is 30.3 Å². The highest BCUT2D eigenvalue weighted by molar-refractivity contribution is 9.10. The third kappa shape index (κ3) is 3.41. The van der Waals surface area contributed by atoms with Gasteiger partial charge < -0.3 is 9.73 Å². The van der Waals surface area contributed by atoms with Gasteiger partial charge in [0.2, 0.25) is 11.7 Å². The van der Waals surface area contributed by atoms with Crippen molar-refractivity contribution in [2.24, 2.45) is 5.92 Å². The minimum atomic E-state index is -0.191. The van der Waals surface area contributed by atoms with Crippen molar-refractivity contribution in [3.05, 3.63) is 64.3 Å². The number of carbonyl (C=O) groups excluding carboxylic acids is 2. The summed E-state index contributed by atoms with van der Waals surface area (Å²) in [7, 11) is 0. The van der Waals surface area contributed by atoms with Gasteiger partial charge in [0.15, 0.2) is 5.76 Å². The summed E-state index contributed by atoms with van der Waals surface area (Å²) in [5, 5.41) is 3.67. The predicted molar refractivity (Wildman–Crippen MR) is 97.3 cm³/mol. The van der Waals surface area contributed by atoms with E-state index in [4.69, 9.17) is 4.42 Å². The van der Waals surface area contributed by atoms with Gasteiger partial charge in [-0.25, -0.2) is 0 Å². The number of amides is 1. The molecule has 0 bridgehead atoms. The lowest BCUT2D eigenvalue weighted by molar-refractivity contribution is -0.118. The predicted octanol–water partition coefficient (Wildman–Crippen LogP) is 5.02. The summed E-state index contributed by atoms with van der Waals surface area (Å²) >= 11 is 3.40. The summed E-state index contributed by atoms with van der Waals surface area (Å²) in [6.45, 7) is 3.65. The first-order valence-electron chi connectivity index (χ1n) is 7.59. The number of benzene rings is 2. The fourth-order valence-electron chi connectivity index (χ4n) is 2.26. The van der Waals surface area contributed by atoms with E-state index in [-0.39, 0.29) is 17.6 Å². The number of anilines is 1. The van der Waals surface area contributed by atoms with Gasteiger partial charge in [-0.15, -0.1) is 0 Å². The molecule has 0 aliphatic heterocycles. The standard InChI is InChI=1S/C19H16BrNO3/c1-11(2)19(23)21-15-6-3-12(4-7-15)18(22)17-10-13-9-14(20)5-8-16(13)24-17/h3-11H,1-2H3,(H,21,23). The topological polar surface area (TPSA) is 59.3 Å². The Morgan fingerprint density at radius 1 is 1.04 bits per heavy atom. The highest BCUT2D eigenvalue weighted by atomic mass is 79.9. The van der Waals surface area contributed by atoms with Crippen LogP contribution in [0.15, 0.2) is 57.4 Å². The maximum absolute atomic E-state index is 12.5. The second-order valence-corrected chi connectivity index (χ2v) is 6.76. The molecule has 122 valence electrons. The molecule has 0 aliphatic carbocycles. The Labute approximate surface area is 148 Å². The number of rotatable bonds is 4. The highest BCUT2D eigenvalue weighted by Gasteiger charge is 2.15. The molecule has 0 fully saturated rings. The number of halogens is 1. The first kappa shape index (κ1) is 16.5. The molecular formula is C19H16BrNO3. The van der Waals surface area contributed by atoms with E-state index < -0.39 is 0 Å². The van der Waals surface area contributed by atoms with E-state index in [9.17, 15) is 9.59 Å². The van der Waals surface area contributed by atoms with Crippen LogP contribution >= 0.6 is 15.9 Å². The van der Waals surface area contributed by atoms with Crippen molar-refractivity contribution in [3.8, 4) is 0 Å². The van der Waals surface area contributed by atoms with Gasteiger partial charge in [-0.2, -0.15) is 0 Å². The summed E-state index contributed by atoms with van der Waals surface area (Å²) in [5.74, 6) is -0.0516. The molecule has 0 radical (unpaired) electrons. The van der Waals surface area contributed by atoms with Crippen LogP contribution in [-0.2, 0) is 4.79 Å². The first-order chi connectivity index (χ1) is 11.4. The van der Waals surface area contributed by atoms with Crippen LogP contribution in [0.5, 0.6) is 0 Å². The molecule has 5 heteroatoms. The molecule has 2 aromatic carbocycles. The van der Waals surface area contributed by atoms with Crippen molar-refractivity contribution in [2.75, 3.05) is 5.32 Å². The van der Waals surface area contributed by atoms with E-state index >= 15 is 0 Å². The normalized spacial score (nSPS) is 11.0. The zero-order valence-corrected chi connectivity index (χ0v) is 14.9. The fraction of sp³-hybridized carbons (Fsp3) is 0.158. The lowest BCUT2D eigenvalue weighted by Crippen LogP contribution is -2.17. The van der Waals surface area contributed by atoms with E-state index in [1.807, 2.05) is 32.0 Å². The van der Waals surface area contributed by atoms with Crippen LogP contribution in [0.1, 0.15) is 30.0 Å². The molecule has 3 aromatic rings. The van der Waals surface area contributed by atoms with E-state index in [2.05, 4.69) is 21.2 Å². The Morgan fingerprint density at radius 3 is 2.42 bits per heavy atom. The van der Waals surface area contributed by atoms with Crippen molar-refractivity contribution < 1.29 is 14.0 Å². The molecule has 1 heterocycles. The maximum atomic E-state index is 12.5. The number of ketones is 1. The van der Waals surface area contributed by atoms with Crippen LogP contribution in [0.4, 0.5) is 5.69 Å². The summed E-state index contributed by atoms with van der Waals surface area (Å²) in [6, 6.07) is 14.1. The number of carbonyl (C=O) groups is 2. The average Bonchev–Trinajstić information content (AvgIpc) is 2.97. The Kier molecular flexibility index (Phi) is 4.53. The van der Waals surface area contributed by atoms with Crippen LogP contribution in [0.3, 0.4) is 0 Å². The monoisotopic (exact) mass is 385 g/mol. The van der Waals surface area contributed by atoms with Gasteiger partial charge in [0.25, 0.3) is 0 Å². The highest BCUT2D eigenvalue weighted by Crippen LogP contribution is 2.25. The molecule has 1 aromatic heterocycles. The second kappa shape index (κ2) is 6.61. The Hall–Kier alpha value is -2.40. The second-order valence-electron chi connectivity index (χ2n) is 5.84. The van der Waals surface area contributed by atoms with Crippen LogP contribution < -0.4 is 5.32 Å². The SMILES string of the molecule is CC(C)C(=O)Nc1ccc(C(=O)c2cc3cc(Br)ccc3o2)cc1. The maximum Gasteiger partial charge on any atom is 0.228 e. The molecule has 1 N–H and O–H groups in total. The molecule has 24 heavy (non-hydrogen) atoms. The van der Waals surface area contributed by atoms with E-state index in [1.165, 1.54) is 0 Å². The van der Waals surface area contributed by atoms with Crippen molar-refractivity contribution in [1.29, 1.82) is 0 Å². The van der Waals surface area contributed by atoms with Crippen molar-refractivity contribution in [1.82, 2.24) is 0 Å². The van der Waals surface area contributed by atoms with Gasteiger partial charge >= 0.3 is 0 Å². The molecule has 0 saturated heterocycles. The smallest absolute Gasteiger partial charge is 0.228 e. The summed E-state index contributed by atoms with van der Waals surface area (Å²) in [4.78, 5) is 24.2. The molecule has 3 rings (SSSR count). The first-order valence-corrected chi connectivity index (χ1v) is 8.38. The molecular weight excluding hydrogens is 370 g/mol. The Bertz CT molecular complexity index is 910. The van der Waals surface area contributed by atoms with Crippen molar-refractivity contribution in [2.45, 2.75) is 13.8 Å². The van der Waals surface area contributed by atoms with Gasteiger partial charge in [-0.05, 0) is 48.5 Å². The third-order valence-electron chi connectivity index (χ3n) is 3.64. The lowest BCUT2D eigenvalue weighted by Gasteiger charge is -2.07. The van der Waals surface area contributed by atoms with Crippen LogP contribution in [0.25, 0.3) is 11.0 Å². The summed E-state index contributed by atoms with van der Waals surface area (Å²) in [5.41, 5.74) is 1.84. The molecule has 0 unspecified atom stereocenters. The molecule has 4 nitrogen and oxygen atoms in total. The number of hydrogen-bond donors (Lipinski definition) is 1. The minimum absolute atomic E-state index is 0.0584. The lowest BCUT2D eigenvalue weighted by atomic mass is 10.1. The molecule has 0 atom stereocenters. The number of furan rings is 1. The fourth-order valence-corrected chi connectivity index (χ4v) is 2.64. The van der Waals surface area contributed by atoms with Gasteiger partial charge in [0, 0.05) is 27.0 Å². The van der Waals surface area contributed by atoms with Gasteiger partial charge in [0.1, 0.15) is 5.58 Å². The van der Waals surface area contributed by atoms with Crippen molar-refractivity contribution >= 4 is 44.3 Å². The Morgan fingerprint density at radius 2 is 1.75 bits per heavy atom. The van der Waals surface area contributed by atoms with E-state index in [0.717, 1.165) is 9.86 Å². The molecule has 0 spiro atoms. The zero-order chi connectivity index (χ0) is 17.3. The third-order valence-corrected chi connectivity index (χ3v) is 4.13. The number of nitrogens with one attached hydrogen (secondary N) is 1. The minimum Gasteiger partial charge on any atom is -0.453 e. The van der Waals surface area contributed by atoms with Gasteiger partial charge in [-0.3, -0.25) is 9.59 Å². The van der Waals surface area contributed by atoms with Crippen LogP contribution in [0, 0.1) is 5.92 Å². The van der Waals surface area contributed by atoms with Crippen LogP contribution in [-0.4, -0.2) is 11.7 Å². The van der Waals surface area contributed by atoms with Gasteiger partial charge in [-0.1, -0.05) is 29.8 Å². The number of fused-ring (bicyclic) bond motifs is 1. The largest absolute Gasteiger partial charge is 0.453 e. The number of hydrogen-bond acceptors (Lipinski definition) is 3. The summed E-state index contributed by atoms with van der Waals surface area (Å²) in [6.07, 6.45) is 0. The van der Waals surface area contributed by atoms with Gasteiger partial charge in [0.05, 0.1) is 0 Å². The molecule has 0 saturated carbocycles. The van der Waals surface area contributed by atoms with E-state index in [0.29, 0.717) is 22.6 Å². The van der Waals surface area contributed by atoms with Crippen LogP contribution in [0.2, 0.25) is 0 Å². The zero-order valence-electron chi connectivity index (χ0n) is 13.3. The Balaban J connectivity index is 1.82. The quantitative estimate of drug-likeness (QED) is 0.641. The summed E-state index contributed by atoms with van der Waals surface area (Å²) < 4.78 is 6.56. The molecule has 1 amide bonds. The van der Waals surface area contributed by atoms with Crippen molar-refractivity contribution in [3.63, 3.8) is 0 Å².